The molecule has 1 saturated carbocycles. The molecule has 0 aliphatic heterocycles. The molecule has 1 fully saturated rings. The first kappa shape index (κ1) is 25.7. The average molecular weight is 527 g/mol. The Bertz CT molecular complexity index is 1490. The maximum absolute atomic E-state index is 15.1. The number of aryl methyl sites for hydroxylation is 1. The molecule has 0 aromatic heterocycles. The van der Waals surface area contributed by atoms with Crippen LogP contribution in [0.4, 0.5) is 4.39 Å². The van der Waals surface area contributed by atoms with Gasteiger partial charge in [0, 0.05) is 11.0 Å². The van der Waals surface area contributed by atoms with Crippen LogP contribution >= 0.6 is 0 Å². The van der Waals surface area contributed by atoms with Crippen LogP contribution in [0.3, 0.4) is 0 Å². The van der Waals surface area contributed by atoms with Gasteiger partial charge in [-0.3, -0.25) is 4.79 Å². The van der Waals surface area contributed by atoms with Crippen LogP contribution in [-0.4, -0.2) is 18.2 Å². The molecule has 39 heavy (non-hydrogen) atoms. The Kier molecular flexibility index (Phi) is 6.28. The highest BCUT2D eigenvalue weighted by Gasteiger charge is 2.60. The fraction of sp³-hybridized carbons (Fsp3) is 0.382. The summed E-state index contributed by atoms with van der Waals surface area (Å²) in [6.07, 6.45) is 7.99. The number of hydrogen-bond acceptors (Lipinski definition) is 3. The van der Waals surface area contributed by atoms with Gasteiger partial charge in [-0.2, -0.15) is 0 Å². The van der Waals surface area contributed by atoms with Crippen molar-refractivity contribution in [2.24, 2.45) is 11.3 Å². The normalized spacial score (nSPS) is 22.8. The number of methoxy groups -OCH3 is 1. The number of carboxylic acids is 1. The molecule has 0 amide bonds. The van der Waals surface area contributed by atoms with Crippen molar-refractivity contribution in [3.8, 4) is 22.6 Å². The van der Waals surface area contributed by atoms with Gasteiger partial charge < -0.3 is 14.6 Å². The summed E-state index contributed by atoms with van der Waals surface area (Å²) >= 11 is 0. The monoisotopic (exact) mass is 526 g/mol. The number of fused-ring (bicyclic) bond motifs is 2. The van der Waals surface area contributed by atoms with E-state index >= 15 is 4.39 Å². The third kappa shape index (κ3) is 4.52. The van der Waals surface area contributed by atoms with Crippen LogP contribution in [0.15, 0.2) is 60.7 Å². The van der Waals surface area contributed by atoms with Crippen molar-refractivity contribution in [2.45, 2.75) is 64.4 Å². The second kappa shape index (κ2) is 9.55. The van der Waals surface area contributed by atoms with E-state index in [0.29, 0.717) is 17.9 Å². The second-order valence-electron chi connectivity index (χ2n) is 12.0. The van der Waals surface area contributed by atoms with Crippen molar-refractivity contribution in [1.82, 2.24) is 0 Å². The van der Waals surface area contributed by atoms with Gasteiger partial charge in [0.25, 0.3) is 0 Å². The number of benzene rings is 3. The summed E-state index contributed by atoms with van der Waals surface area (Å²) < 4.78 is 26.8. The van der Waals surface area contributed by atoms with Gasteiger partial charge in [-0.1, -0.05) is 38.1 Å². The van der Waals surface area contributed by atoms with Crippen molar-refractivity contribution in [3.05, 3.63) is 88.7 Å². The van der Waals surface area contributed by atoms with E-state index in [4.69, 9.17) is 9.47 Å². The number of carbonyl (C=O) groups is 1. The number of ether oxygens (including phenoxy) is 2. The topological polar surface area (TPSA) is 55.8 Å². The molecule has 202 valence electrons. The third-order valence-electron chi connectivity index (χ3n) is 9.15. The van der Waals surface area contributed by atoms with Crippen molar-refractivity contribution in [2.75, 3.05) is 7.11 Å². The van der Waals surface area contributed by atoms with Crippen LogP contribution in [0.2, 0.25) is 0 Å². The molecule has 1 N–H and O–H groups in total. The molecule has 4 nitrogen and oxygen atoms in total. The van der Waals surface area contributed by atoms with E-state index in [-0.39, 0.29) is 22.6 Å². The molecule has 0 unspecified atom stereocenters. The van der Waals surface area contributed by atoms with E-state index in [1.165, 1.54) is 17.2 Å². The number of hydrogen-bond donors (Lipinski definition) is 1. The van der Waals surface area contributed by atoms with Gasteiger partial charge in [-0.05, 0) is 114 Å². The van der Waals surface area contributed by atoms with Crippen LogP contribution in [0.5, 0.6) is 11.5 Å². The average Bonchev–Trinajstić information content (AvgIpc) is 3.54. The van der Waals surface area contributed by atoms with Gasteiger partial charge in [-0.25, -0.2) is 4.39 Å². The van der Waals surface area contributed by atoms with Crippen LogP contribution in [0.1, 0.15) is 68.2 Å². The zero-order valence-corrected chi connectivity index (χ0v) is 22.9. The smallest absolute Gasteiger partial charge is 0.307 e. The molecule has 0 radical (unpaired) electrons. The number of rotatable bonds is 7. The minimum atomic E-state index is -0.696. The Hall–Kier alpha value is -3.60. The maximum Gasteiger partial charge on any atom is 0.307 e. The molecule has 3 aliphatic rings. The van der Waals surface area contributed by atoms with Crippen molar-refractivity contribution in [3.63, 3.8) is 0 Å². The largest absolute Gasteiger partial charge is 0.497 e. The van der Waals surface area contributed by atoms with Gasteiger partial charge in [0.05, 0.1) is 13.0 Å². The molecular formula is C34H35FO4. The zero-order valence-electron chi connectivity index (χ0n) is 22.9. The molecule has 3 aliphatic carbocycles. The van der Waals surface area contributed by atoms with Crippen molar-refractivity contribution >= 4 is 11.5 Å². The Labute approximate surface area is 229 Å². The van der Waals surface area contributed by atoms with Crippen LogP contribution in [0, 0.1) is 17.2 Å². The second-order valence-corrected chi connectivity index (χ2v) is 12.0. The van der Waals surface area contributed by atoms with Crippen molar-refractivity contribution < 1.29 is 23.8 Å². The quantitative estimate of drug-likeness (QED) is 0.339. The zero-order chi connectivity index (χ0) is 27.4. The lowest BCUT2D eigenvalue weighted by atomic mass is 9.78. The number of aliphatic carboxylic acids is 1. The van der Waals surface area contributed by atoms with Gasteiger partial charge in [0.1, 0.15) is 23.9 Å². The maximum atomic E-state index is 15.1. The SMILES string of the molecule is COc1ccc(F)c(-c2ccc(COc3ccc4c(c3)[C@]3(CCC4)C[C@H]3C(=O)O)cc2C2=CCCC2(C)C)c1. The van der Waals surface area contributed by atoms with E-state index in [9.17, 15) is 9.90 Å². The summed E-state index contributed by atoms with van der Waals surface area (Å²) in [7, 11) is 1.59. The lowest BCUT2D eigenvalue weighted by molar-refractivity contribution is -0.139. The molecule has 0 saturated heterocycles. The summed E-state index contributed by atoms with van der Waals surface area (Å²) in [6.45, 7) is 4.85. The van der Waals surface area contributed by atoms with E-state index < -0.39 is 5.97 Å². The van der Waals surface area contributed by atoms with Gasteiger partial charge in [-0.15, -0.1) is 0 Å². The summed E-state index contributed by atoms with van der Waals surface area (Å²) in [5, 5.41) is 9.66. The minimum Gasteiger partial charge on any atom is -0.497 e. The lowest BCUT2D eigenvalue weighted by Gasteiger charge is -2.27. The third-order valence-corrected chi connectivity index (χ3v) is 9.15. The Morgan fingerprint density at radius 2 is 1.82 bits per heavy atom. The Morgan fingerprint density at radius 3 is 2.54 bits per heavy atom. The highest BCUT2D eigenvalue weighted by molar-refractivity contribution is 5.85. The molecule has 6 rings (SSSR count). The first-order chi connectivity index (χ1) is 18.7. The molecule has 3 aromatic rings. The van der Waals surface area contributed by atoms with Gasteiger partial charge >= 0.3 is 5.97 Å². The van der Waals surface area contributed by atoms with Crippen molar-refractivity contribution in [1.29, 1.82) is 0 Å². The molecular weight excluding hydrogens is 491 g/mol. The van der Waals surface area contributed by atoms with Crippen LogP contribution in [0.25, 0.3) is 16.7 Å². The summed E-state index contributed by atoms with van der Waals surface area (Å²) in [6, 6.07) is 17.2. The highest BCUT2D eigenvalue weighted by atomic mass is 19.1. The number of allylic oxidation sites excluding steroid dienone is 2. The summed E-state index contributed by atoms with van der Waals surface area (Å²) in [5.41, 5.74) is 6.79. The fourth-order valence-electron chi connectivity index (χ4n) is 6.86. The van der Waals surface area contributed by atoms with Gasteiger partial charge in [0.2, 0.25) is 0 Å². The van der Waals surface area contributed by atoms with Gasteiger partial charge in [0.15, 0.2) is 0 Å². The first-order valence-electron chi connectivity index (χ1n) is 13.9. The predicted molar refractivity (Wildman–Crippen MR) is 151 cm³/mol. The van der Waals surface area contributed by atoms with E-state index in [1.54, 1.807) is 19.2 Å². The molecule has 0 bridgehead atoms. The molecule has 0 heterocycles. The van der Waals surface area contributed by atoms with Crippen LogP contribution in [-0.2, 0) is 23.2 Å². The minimum absolute atomic E-state index is 0.0126. The predicted octanol–water partition coefficient (Wildman–Crippen LogP) is 7.96. The fourth-order valence-corrected chi connectivity index (χ4v) is 6.86. The molecule has 5 heteroatoms. The Morgan fingerprint density at radius 1 is 1.00 bits per heavy atom. The molecule has 2 atom stereocenters. The van der Waals surface area contributed by atoms with E-state index in [0.717, 1.165) is 66.5 Å². The number of carboxylic acid groups (broad SMARTS) is 1. The first-order valence-corrected chi connectivity index (χ1v) is 13.9. The summed E-state index contributed by atoms with van der Waals surface area (Å²) in [4.78, 5) is 11.7. The Balaban J connectivity index is 1.32. The summed E-state index contributed by atoms with van der Waals surface area (Å²) in [5.74, 6) is 0.117. The standard InChI is InChI=1S/C34H35FO4/c1-33(2)14-5-7-28(33)26-16-21(8-12-25(26)27-17-23(38-3)11-13-31(27)35)20-39-24-10-9-22-6-4-15-34(29(22)18-24)19-30(34)32(36)37/h7-13,16-18,30H,4-6,14-15,19-20H2,1-3H3,(H,36,37)/t30-,34-/m0/s1. The molecule has 1 spiro atoms. The van der Waals surface area contributed by atoms with E-state index in [2.05, 4.69) is 38.1 Å². The lowest BCUT2D eigenvalue weighted by Crippen LogP contribution is -2.21. The molecule has 3 aromatic carbocycles. The highest BCUT2D eigenvalue weighted by Crippen LogP contribution is 2.60. The van der Waals surface area contributed by atoms with Crippen LogP contribution < -0.4 is 9.47 Å². The van der Waals surface area contributed by atoms with E-state index in [1.807, 2.05) is 18.2 Å². The number of halogens is 1.